The number of amides is 1. The van der Waals surface area contributed by atoms with Crippen molar-refractivity contribution in [2.45, 2.75) is 13.8 Å². The van der Waals surface area contributed by atoms with E-state index in [1.165, 1.54) is 11.3 Å². The first-order valence-corrected chi connectivity index (χ1v) is 10.2. The average Bonchev–Trinajstić information content (AvgIpc) is 2.97. The number of nitrogen functional groups attached to an aromatic ring is 1. The molecule has 1 amide bonds. The van der Waals surface area contributed by atoms with Gasteiger partial charge >= 0.3 is 0 Å². The molecule has 0 spiro atoms. The molecule has 3 aromatic heterocycles. The first-order chi connectivity index (χ1) is 14.0. The largest absolute Gasteiger partial charge is 0.397 e. The number of nitrogens with one attached hydrogen (secondary N) is 1. The lowest BCUT2D eigenvalue weighted by Crippen LogP contribution is -2.12. The van der Waals surface area contributed by atoms with E-state index in [4.69, 9.17) is 28.9 Å². The van der Waals surface area contributed by atoms with E-state index in [-0.39, 0.29) is 0 Å². The lowest BCUT2D eigenvalue weighted by atomic mass is 10.2. The van der Waals surface area contributed by atoms with Crippen LogP contribution in [0.1, 0.15) is 26.6 Å². The minimum atomic E-state index is -0.507. The quantitative estimate of drug-likeness (QED) is 0.530. The zero-order valence-corrected chi connectivity index (χ0v) is 19.5. The zero-order chi connectivity index (χ0) is 22.7. The predicted molar refractivity (Wildman–Crippen MR) is 127 cm³/mol. The third-order valence-electron chi connectivity index (χ3n) is 4.25. The second kappa shape index (κ2) is 9.11. The second-order valence-corrected chi connectivity index (χ2v) is 8.52. The summed E-state index contributed by atoms with van der Waals surface area (Å²) in [6.07, 6.45) is 0. The van der Waals surface area contributed by atoms with Crippen LogP contribution >= 0.6 is 23.6 Å². The van der Waals surface area contributed by atoms with Crippen LogP contribution in [-0.4, -0.2) is 44.1 Å². The number of nitrogens with two attached hydrogens (primary N) is 2. The van der Waals surface area contributed by atoms with Crippen molar-refractivity contribution < 1.29 is 4.79 Å². The number of H-pyrrole nitrogens is 1. The number of pyridine rings is 2. The fourth-order valence-corrected chi connectivity index (χ4v) is 4.21. The molecule has 0 aromatic carbocycles. The maximum atomic E-state index is 11.3. The van der Waals surface area contributed by atoms with Crippen molar-refractivity contribution in [2.24, 2.45) is 5.73 Å². The summed E-state index contributed by atoms with van der Waals surface area (Å²) in [6.45, 7) is 3.83. The van der Waals surface area contributed by atoms with Crippen LogP contribution in [0.15, 0.2) is 12.1 Å². The number of fused-ring (bicyclic) bond motifs is 1. The highest BCUT2D eigenvalue weighted by atomic mass is 32.1. The Labute approximate surface area is 184 Å². The minimum Gasteiger partial charge on any atom is -0.397 e. The average molecular weight is 444 g/mol. The number of hydrogen-bond donors (Lipinski definition) is 3. The molecular formula is C20H25N7OS2. The summed E-state index contributed by atoms with van der Waals surface area (Å²) < 4.78 is 0.506. The standard InChI is InChI=1S/C11H14N4OS.C9H11N3S/c1-5-4-6(15(2)3)7-8(12)9(10(13)16)17-11(7)14-5;1-6-4-8(12(2)3)7(5-10)9(13)11-6/h4H,12H2,1-3H3,(H2,13,16);4H,1-3H3,(H,11,13). The molecule has 0 bridgehead atoms. The molecule has 0 aliphatic heterocycles. The lowest BCUT2D eigenvalue weighted by Gasteiger charge is -2.14. The van der Waals surface area contributed by atoms with E-state index in [0.29, 0.717) is 20.8 Å². The molecule has 0 saturated carbocycles. The fourth-order valence-electron chi connectivity index (χ4n) is 2.89. The zero-order valence-electron chi connectivity index (χ0n) is 17.8. The van der Waals surface area contributed by atoms with E-state index >= 15 is 0 Å². The van der Waals surface area contributed by atoms with Gasteiger partial charge in [-0.3, -0.25) is 4.79 Å². The number of aromatic amines is 1. The molecule has 0 saturated heterocycles. The maximum Gasteiger partial charge on any atom is 0.260 e. The molecule has 30 heavy (non-hydrogen) atoms. The van der Waals surface area contributed by atoms with E-state index in [1.807, 2.05) is 64.0 Å². The number of rotatable bonds is 3. The third-order valence-corrected chi connectivity index (χ3v) is 5.67. The molecule has 8 nitrogen and oxygen atoms in total. The van der Waals surface area contributed by atoms with Gasteiger partial charge in [0.15, 0.2) is 0 Å². The summed E-state index contributed by atoms with van der Waals surface area (Å²) in [4.78, 5) is 23.6. The summed E-state index contributed by atoms with van der Waals surface area (Å²) in [5, 5.41) is 9.68. The van der Waals surface area contributed by atoms with Crippen LogP contribution < -0.4 is 21.3 Å². The Bertz CT molecular complexity index is 1200. The first-order valence-electron chi connectivity index (χ1n) is 8.96. The summed E-state index contributed by atoms with van der Waals surface area (Å²) >= 11 is 6.28. The number of aryl methyl sites for hydroxylation is 2. The Morgan fingerprint density at radius 2 is 1.80 bits per heavy atom. The third kappa shape index (κ3) is 4.69. The molecule has 0 unspecified atom stereocenters. The Hall–Kier alpha value is -3.16. The van der Waals surface area contributed by atoms with E-state index in [9.17, 15) is 4.79 Å². The van der Waals surface area contributed by atoms with Crippen molar-refractivity contribution in [1.82, 2.24) is 9.97 Å². The first kappa shape index (κ1) is 23.1. The number of thiophene rings is 1. The van der Waals surface area contributed by atoms with Crippen LogP contribution in [0.4, 0.5) is 17.1 Å². The predicted octanol–water partition coefficient (Wildman–Crippen LogP) is 3.34. The van der Waals surface area contributed by atoms with Gasteiger partial charge in [0, 0.05) is 39.6 Å². The van der Waals surface area contributed by atoms with Gasteiger partial charge in [-0.1, -0.05) is 12.2 Å². The smallest absolute Gasteiger partial charge is 0.260 e. The molecule has 0 radical (unpaired) electrons. The molecule has 0 aliphatic carbocycles. The highest BCUT2D eigenvalue weighted by Gasteiger charge is 2.18. The molecule has 0 aliphatic rings. The maximum absolute atomic E-state index is 11.3. The molecule has 3 aromatic rings. The van der Waals surface area contributed by atoms with E-state index in [1.54, 1.807) is 0 Å². The van der Waals surface area contributed by atoms with Crippen LogP contribution in [0.25, 0.3) is 10.2 Å². The van der Waals surface area contributed by atoms with Gasteiger partial charge in [-0.25, -0.2) is 4.98 Å². The van der Waals surface area contributed by atoms with Gasteiger partial charge in [-0.05, 0) is 26.0 Å². The van der Waals surface area contributed by atoms with Crippen LogP contribution in [0.2, 0.25) is 0 Å². The van der Waals surface area contributed by atoms with Gasteiger partial charge in [0.2, 0.25) is 0 Å². The Kier molecular flexibility index (Phi) is 7.02. The van der Waals surface area contributed by atoms with Gasteiger partial charge in [0.25, 0.3) is 5.91 Å². The molecule has 5 N–H and O–H groups in total. The topological polar surface area (TPSA) is 128 Å². The monoisotopic (exact) mass is 443 g/mol. The summed E-state index contributed by atoms with van der Waals surface area (Å²) in [6, 6.07) is 5.95. The van der Waals surface area contributed by atoms with Crippen LogP contribution in [0.5, 0.6) is 0 Å². The van der Waals surface area contributed by atoms with Crippen molar-refractivity contribution in [3.63, 3.8) is 0 Å². The minimum absolute atomic E-state index is 0.376. The number of anilines is 3. The van der Waals surface area contributed by atoms with E-state index < -0.39 is 5.91 Å². The molecule has 0 atom stereocenters. The van der Waals surface area contributed by atoms with Crippen LogP contribution in [0.3, 0.4) is 0 Å². The van der Waals surface area contributed by atoms with Gasteiger partial charge in [0.1, 0.15) is 26.0 Å². The number of primary amides is 1. The van der Waals surface area contributed by atoms with Gasteiger partial charge in [-0.15, -0.1) is 11.3 Å². The normalized spacial score (nSPS) is 10.2. The van der Waals surface area contributed by atoms with Crippen LogP contribution in [-0.2, 0) is 0 Å². The SMILES string of the molecule is Cc1cc(N(C)C)c(C#N)c(=S)[nH]1.Cc1cc(N(C)C)c2c(N)c(C(N)=O)sc2n1. The van der Waals surface area contributed by atoms with E-state index in [2.05, 4.69) is 16.0 Å². The number of carbonyl (C=O) groups excluding carboxylic acids is 1. The number of hydrogen-bond acceptors (Lipinski definition) is 8. The van der Waals surface area contributed by atoms with Crippen molar-refractivity contribution in [1.29, 1.82) is 5.26 Å². The molecular weight excluding hydrogens is 418 g/mol. The van der Waals surface area contributed by atoms with Crippen molar-refractivity contribution >= 4 is 56.7 Å². The fraction of sp³-hybridized carbons (Fsp3) is 0.300. The molecule has 158 valence electrons. The second-order valence-electron chi connectivity index (χ2n) is 7.11. The van der Waals surface area contributed by atoms with Crippen molar-refractivity contribution in [2.75, 3.05) is 43.7 Å². The van der Waals surface area contributed by atoms with Gasteiger partial charge in [0.05, 0.1) is 22.4 Å². The molecule has 0 fully saturated rings. The van der Waals surface area contributed by atoms with Gasteiger partial charge in [-0.2, -0.15) is 5.26 Å². The molecule has 3 rings (SSSR count). The highest BCUT2D eigenvalue weighted by molar-refractivity contribution is 7.71. The summed E-state index contributed by atoms with van der Waals surface area (Å²) in [5.74, 6) is -0.507. The van der Waals surface area contributed by atoms with Crippen molar-refractivity contribution in [3.05, 3.63) is 38.6 Å². The van der Waals surface area contributed by atoms with Gasteiger partial charge < -0.3 is 26.3 Å². The number of nitriles is 1. The number of carbonyl (C=O) groups is 1. The van der Waals surface area contributed by atoms with E-state index in [0.717, 1.165) is 33.0 Å². The Balaban J connectivity index is 0.000000222. The molecule has 10 heteroatoms. The Morgan fingerprint density at radius 3 is 2.30 bits per heavy atom. The molecule has 3 heterocycles. The highest BCUT2D eigenvalue weighted by Crippen LogP contribution is 2.38. The number of aromatic nitrogens is 2. The lowest BCUT2D eigenvalue weighted by molar-refractivity contribution is 0.100. The number of nitrogens with zero attached hydrogens (tertiary/aromatic N) is 4. The summed E-state index contributed by atoms with van der Waals surface area (Å²) in [7, 11) is 7.64. The summed E-state index contributed by atoms with van der Waals surface area (Å²) in [5.41, 5.74) is 15.9. The van der Waals surface area contributed by atoms with Crippen LogP contribution in [0, 0.1) is 29.8 Å². The Morgan fingerprint density at radius 1 is 1.20 bits per heavy atom. The van der Waals surface area contributed by atoms with Crippen molar-refractivity contribution in [3.8, 4) is 6.07 Å².